The maximum atomic E-state index is 5.44. The summed E-state index contributed by atoms with van der Waals surface area (Å²) < 4.78 is 0. The van der Waals surface area contributed by atoms with Gasteiger partial charge in [-0.05, 0) is 17.4 Å². The number of hydrogen-bond donors (Lipinski definition) is 0. The highest BCUT2D eigenvalue weighted by atomic mass is 17.0. The molecule has 0 amide bonds. The summed E-state index contributed by atoms with van der Waals surface area (Å²) in [5, 5.41) is 1.39. The van der Waals surface area contributed by atoms with Gasteiger partial charge in [-0.3, -0.25) is 0 Å². The van der Waals surface area contributed by atoms with E-state index in [1.807, 2.05) is 36.4 Å². The SMILES string of the molecule is C1=CC2=Cc3ccccc3ON2O1. The quantitative estimate of drug-likeness (QED) is 0.599. The van der Waals surface area contributed by atoms with Crippen LogP contribution in [0.4, 0.5) is 0 Å². The Labute approximate surface area is 75.4 Å². The van der Waals surface area contributed by atoms with Crippen molar-refractivity contribution in [2.24, 2.45) is 0 Å². The van der Waals surface area contributed by atoms with Gasteiger partial charge in [-0.1, -0.05) is 18.2 Å². The number of hydrogen-bond acceptors (Lipinski definition) is 3. The molecule has 3 heteroatoms. The van der Waals surface area contributed by atoms with Gasteiger partial charge in [-0.15, -0.1) is 0 Å². The summed E-state index contributed by atoms with van der Waals surface area (Å²) >= 11 is 0. The van der Waals surface area contributed by atoms with Crippen LogP contribution in [0.25, 0.3) is 6.08 Å². The fourth-order valence-corrected chi connectivity index (χ4v) is 1.38. The van der Waals surface area contributed by atoms with Crippen LogP contribution >= 0.6 is 0 Å². The van der Waals surface area contributed by atoms with Gasteiger partial charge in [0.1, 0.15) is 12.0 Å². The first kappa shape index (κ1) is 6.60. The standard InChI is InChI=1S/C10H7NO2/c1-2-4-10-8(3-1)7-9-5-6-12-11(9)13-10/h1-7H. The van der Waals surface area contributed by atoms with Crippen LogP contribution in [0.15, 0.2) is 42.3 Å². The number of rotatable bonds is 0. The predicted molar refractivity (Wildman–Crippen MR) is 47.1 cm³/mol. The molecule has 0 N–H and O–H groups in total. The smallest absolute Gasteiger partial charge is 0.166 e. The second kappa shape index (κ2) is 2.29. The first-order chi connectivity index (χ1) is 6.43. The van der Waals surface area contributed by atoms with Gasteiger partial charge in [0.05, 0.1) is 0 Å². The van der Waals surface area contributed by atoms with Gasteiger partial charge in [0.25, 0.3) is 0 Å². The topological polar surface area (TPSA) is 21.7 Å². The molecule has 0 spiro atoms. The zero-order valence-electron chi connectivity index (χ0n) is 6.81. The van der Waals surface area contributed by atoms with E-state index in [0.717, 1.165) is 17.0 Å². The molecular weight excluding hydrogens is 166 g/mol. The van der Waals surface area contributed by atoms with Crippen molar-refractivity contribution < 1.29 is 9.68 Å². The van der Waals surface area contributed by atoms with Gasteiger partial charge in [0.2, 0.25) is 0 Å². The van der Waals surface area contributed by atoms with Crippen LogP contribution < -0.4 is 4.84 Å². The molecule has 2 aliphatic rings. The fraction of sp³-hybridized carbons (Fsp3) is 0. The molecule has 1 aromatic carbocycles. The third kappa shape index (κ3) is 0.902. The summed E-state index contributed by atoms with van der Waals surface area (Å²) in [6.07, 6.45) is 5.47. The molecule has 0 saturated carbocycles. The van der Waals surface area contributed by atoms with Gasteiger partial charge in [0.15, 0.2) is 5.75 Å². The Bertz CT molecular complexity index is 409. The largest absolute Gasteiger partial charge is 0.353 e. The Balaban J connectivity index is 2.14. The van der Waals surface area contributed by atoms with E-state index >= 15 is 0 Å². The Morgan fingerprint density at radius 2 is 2.08 bits per heavy atom. The van der Waals surface area contributed by atoms with Crippen molar-refractivity contribution >= 4 is 6.08 Å². The molecule has 0 saturated heterocycles. The van der Waals surface area contributed by atoms with E-state index in [1.165, 1.54) is 5.23 Å². The highest BCUT2D eigenvalue weighted by molar-refractivity contribution is 5.63. The lowest BCUT2D eigenvalue weighted by molar-refractivity contribution is -0.245. The van der Waals surface area contributed by atoms with E-state index in [9.17, 15) is 0 Å². The predicted octanol–water partition coefficient (Wildman–Crippen LogP) is 2.10. The zero-order valence-corrected chi connectivity index (χ0v) is 6.81. The monoisotopic (exact) mass is 173 g/mol. The van der Waals surface area contributed by atoms with Gasteiger partial charge in [-0.25, -0.2) is 0 Å². The van der Waals surface area contributed by atoms with Crippen molar-refractivity contribution in [2.75, 3.05) is 0 Å². The second-order valence-electron chi connectivity index (χ2n) is 2.86. The molecule has 3 rings (SSSR count). The molecule has 2 heterocycles. The molecule has 0 bridgehead atoms. The molecule has 0 aromatic heterocycles. The lowest BCUT2D eigenvalue weighted by Gasteiger charge is -2.22. The van der Waals surface area contributed by atoms with E-state index in [0.29, 0.717) is 0 Å². The summed E-state index contributed by atoms with van der Waals surface area (Å²) in [4.78, 5) is 10.5. The minimum Gasteiger partial charge on any atom is -0.353 e. The van der Waals surface area contributed by atoms with Crippen molar-refractivity contribution in [3.8, 4) is 5.75 Å². The number of para-hydroxylation sites is 1. The van der Waals surface area contributed by atoms with E-state index in [1.54, 1.807) is 6.26 Å². The van der Waals surface area contributed by atoms with E-state index in [2.05, 4.69) is 0 Å². The van der Waals surface area contributed by atoms with Gasteiger partial charge < -0.3 is 9.68 Å². The molecule has 0 atom stereocenters. The van der Waals surface area contributed by atoms with Crippen LogP contribution in [0.1, 0.15) is 5.56 Å². The second-order valence-corrected chi connectivity index (χ2v) is 2.86. The Hall–Kier alpha value is -1.90. The molecule has 0 radical (unpaired) electrons. The van der Waals surface area contributed by atoms with Crippen LogP contribution in [-0.4, -0.2) is 5.23 Å². The van der Waals surface area contributed by atoms with Gasteiger partial charge in [0, 0.05) is 11.6 Å². The molecule has 0 fully saturated rings. The van der Waals surface area contributed by atoms with Crippen molar-refractivity contribution in [1.29, 1.82) is 0 Å². The highest BCUT2D eigenvalue weighted by Gasteiger charge is 2.21. The maximum absolute atomic E-state index is 5.44. The minimum absolute atomic E-state index is 0.815. The zero-order chi connectivity index (χ0) is 8.67. The van der Waals surface area contributed by atoms with Gasteiger partial charge >= 0.3 is 0 Å². The first-order valence-electron chi connectivity index (χ1n) is 4.06. The lowest BCUT2D eigenvalue weighted by Crippen LogP contribution is -2.23. The summed E-state index contributed by atoms with van der Waals surface area (Å²) in [6.45, 7) is 0. The Morgan fingerprint density at radius 1 is 1.15 bits per heavy atom. The van der Waals surface area contributed by atoms with Crippen LogP contribution in [0.2, 0.25) is 0 Å². The molecule has 3 nitrogen and oxygen atoms in total. The third-order valence-corrected chi connectivity index (χ3v) is 2.01. The molecule has 13 heavy (non-hydrogen) atoms. The fourth-order valence-electron chi connectivity index (χ4n) is 1.38. The number of benzene rings is 1. The molecular formula is C10H7NO2. The van der Waals surface area contributed by atoms with Crippen LogP contribution in [0.5, 0.6) is 5.75 Å². The Kier molecular flexibility index (Phi) is 1.16. The van der Waals surface area contributed by atoms with Crippen molar-refractivity contribution in [2.45, 2.75) is 0 Å². The summed E-state index contributed by atoms with van der Waals surface area (Å²) in [6, 6.07) is 7.83. The van der Waals surface area contributed by atoms with Crippen LogP contribution in [0.3, 0.4) is 0 Å². The molecule has 2 aliphatic heterocycles. The van der Waals surface area contributed by atoms with E-state index in [4.69, 9.17) is 9.68 Å². The van der Waals surface area contributed by atoms with Crippen molar-refractivity contribution in [3.63, 3.8) is 0 Å². The van der Waals surface area contributed by atoms with E-state index < -0.39 is 0 Å². The van der Waals surface area contributed by atoms with Gasteiger partial charge in [-0.2, -0.15) is 0 Å². The normalized spacial score (nSPS) is 16.9. The summed E-state index contributed by atoms with van der Waals surface area (Å²) in [7, 11) is 0. The summed E-state index contributed by atoms with van der Waals surface area (Å²) in [5.41, 5.74) is 1.99. The number of allylic oxidation sites excluding steroid dienone is 1. The number of nitrogens with zero attached hydrogens (tertiary/aromatic N) is 1. The summed E-state index contributed by atoms with van der Waals surface area (Å²) in [5.74, 6) is 0.815. The molecule has 0 aliphatic carbocycles. The minimum atomic E-state index is 0.815. The number of hydroxylamine groups is 2. The Morgan fingerprint density at radius 3 is 3.08 bits per heavy atom. The third-order valence-electron chi connectivity index (χ3n) is 2.01. The average molecular weight is 173 g/mol. The molecule has 1 aromatic rings. The maximum Gasteiger partial charge on any atom is 0.166 e. The lowest BCUT2D eigenvalue weighted by atomic mass is 10.1. The highest BCUT2D eigenvalue weighted by Crippen LogP contribution is 2.31. The average Bonchev–Trinajstić information content (AvgIpc) is 2.61. The van der Waals surface area contributed by atoms with Crippen molar-refractivity contribution in [3.05, 3.63) is 47.9 Å². The van der Waals surface area contributed by atoms with Crippen LogP contribution in [0, 0.1) is 0 Å². The van der Waals surface area contributed by atoms with Crippen molar-refractivity contribution in [1.82, 2.24) is 5.23 Å². The first-order valence-corrected chi connectivity index (χ1v) is 4.06. The van der Waals surface area contributed by atoms with Crippen LogP contribution in [-0.2, 0) is 4.84 Å². The molecule has 0 unspecified atom stereocenters. The number of fused-ring (bicyclic) bond motifs is 2. The molecule has 64 valence electrons. The van der Waals surface area contributed by atoms with E-state index in [-0.39, 0.29) is 0 Å².